The lowest BCUT2D eigenvalue weighted by Crippen LogP contribution is -2.06. The van der Waals surface area contributed by atoms with Crippen molar-refractivity contribution in [1.82, 2.24) is 15.0 Å². The fourth-order valence-electron chi connectivity index (χ4n) is 2.10. The normalized spacial score (nSPS) is 12.1. The van der Waals surface area contributed by atoms with Gasteiger partial charge in [0.05, 0.1) is 6.07 Å². The zero-order chi connectivity index (χ0) is 13.7. The Bertz CT molecular complexity index is 572. The summed E-state index contributed by atoms with van der Waals surface area (Å²) in [4.78, 5) is 12.3. The van der Waals surface area contributed by atoms with E-state index in [-0.39, 0.29) is 5.92 Å². The van der Waals surface area contributed by atoms with Gasteiger partial charge in [-0.25, -0.2) is 9.97 Å². The molecule has 0 spiro atoms. The van der Waals surface area contributed by atoms with Gasteiger partial charge in [-0.15, -0.1) is 0 Å². The molecular formula is C15H16N4. The van der Waals surface area contributed by atoms with Gasteiger partial charge in [0.2, 0.25) is 0 Å². The Morgan fingerprint density at radius 2 is 1.74 bits per heavy atom. The monoisotopic (exact) mass is 252 g/mol. The van der Waals surface area contributed by atoms with Gasteiger partial charge in [-0.3, -0.25) is 4.98 Å². The van der Waals surface area contributed by atoms with E-state index in [1.54, 1.807) is 18.6 Å². The molecule has 0 aromatic carbocycles. The molecule has 4 nitrogen and oxygen atoms in total. The fraction of sp³-hybridized carbons (Fsp3) is 0.333. The van der Waals surface area contributed by atoms with Gasteiger partial charge in [0.25, 0.3) is 0 Å². The Labute approximate surface area is 113 Å². The fourth-order valence-corrected chi connectivity index (χ4v) is 2.10. The van der Waals surface area contributed by atoms with Gasteiger partial charge < -0.3 is 0 Å². The van der Waals surface area contributed by atoms with Crippen LogP contribution in [0.25, 0.3) is 11.1 Å². The highest BCUT2D eigenvalue weighted by Crippen LogP contribution is 2.29. The molecule has 1 unspecified atom stereocenters. The molecule has 2 aromatic heterocycles. The van der Waals surface area contributed by atoms with Crippen LogP contribution in [0.5, 0.6) is 0 Å². The second-order valence-corrected chi connectivity index (χ2v) is 4.85. The topological polar surface area (TPSA) is 62.5 Å². The maximum Gasteiger partial charge on any atom is 0.115 e. The average molecular weight is 252 g/mol. The highest BCUT2D eigenvalue weighted by molar-refractivity contribution is 5.61. The molecule has 0 radical (unpaired) electrons. The van der Waals surface area contributed by atoms with Crippen LogP contribution in [-0.4, -0.2) is 15.0 Å². The van der Waals surface area contributed by atoms with Crippen LogP contribution in [-0.2, 0) is 0 Å². The molecule has 2 aromatic rings. The van der Waals surface area contributed by atoms with E-state index >= 15 is 0 Å². The number of hydrogen-bond acceptors (Lipinski definition) is 4. The van der Waals surface area contributed by atoms with E-state index in [0.29, 0.717) is 12.3 Å². The molecule has 0 N–H and O–H groups in total. The summed E-state index contributed by atoms with van der Waals surface area (Å²) >= 11 is 0. The lowest BCUT2D eigenvalue weighted by atomic mass is 9.86. The predicted octanol–water partition coefficient (Wildman–Crippen LogP) is 3.19. The Morgan fingerprint density at radius 3 is 2.37 bits per heavy atom. The van der Waals surface area contributed by atoms with E-state index in [1.165, 1.54) is 6.33 Å². The minimum atomic E-state index is 0.210. The van der Waals surface area contributed by atoms with Gasteiger partial charge in [-0.2, -0.15) is 5.26 Å². The van der Waals surface area contributed by atoms with Gasteiger partial charge >= 0.3 is 0 Å². The van der Waals surface area contributed by atoms with Crippen LogP contribution in [0.3, 0.4) is 0 Å². The van der Waals surface area contributed by atoms with Crippen molar-refractivity contribution in [2.75, 3.05) is 0 Å². The SMILES string of the molecule is CC(C)C(CC#N)c1cncc(-c2cncnc2)c1. The summed E-state index contributed by atoms with van der Waals surface area (Å²) in [7, 11) is 0. The lowest BCUT2D eigenvalue weighted by molar-refractivity contribution is 0.505. The second kappa shape index (κ2) is 6.05. The summed E-state index contributed by atoms with van der Waals surface area (Å²) in [5.41, 5.74) is 3.02. The van der Waals surface area contributed by atoms with Gasteiger partial charge in [0.15, 0.2) is 0 Å². The molecule has 19 heavy (non-hydrogen) atoms. The number of nitriles is 1. The molecule has 0 aliphatic heterocycles. The van der Waals surface area contributed by atoms with E-state index in [9.17, 15) is 0 Å². The molecule has 0 amide bonds. The smallest absolute Gasteiger partial charge is 0.115 e. The van der Waals surface area contributed by atoms with Crippen molar-refractivity contribution in [1.29, 1.82) is 5.26 Å². The maximum atomic E-state index is 8.94. The van der Waals surface area contributed by atoms with Crippen molar-refractivity contribution >= 4 is 0 Å². The molecule has 2 heterocycles. The van der Waals surface area contributed by atoms with Gasteiger partial charge in [0, 0.05) is 48.3 Å². The molecule has 0 saturated carbocycles. The molecule has 0 fully saturated rings. The van der Waals surface area contributed by atoms with Crippen molar-refractivity contribution in [3.8, 4) is 17.2 Å². The molecule has 0 aliphatic rings. The van der Waals surface area contributed by atoms with E-state index in [1.807, 2.05) is 6.20 Å². The minimum absolute atomic E-state index is 0.210. The quantitative estimate of drug-likeness (QED) is 0.838. The number of aromatic nitrogens is 3. The molecular weight excluding hydrogens is 236 g/mol. The van der Waals surface area contributed by atoms with Crippen LogP contribution < -0.4 is 0 Å². The van der Waals surface area contributed by atoms with Crippen molar-refractivity contribution in [2.24, 2.45) is 5.92 Å². The summed E-state index contributed by atoms with van der Waals surface area (Å²) in [5, 5.41) is 8.94. The van der Waals surface area contributed by atoms with E-state index in [2.05, 4.69) is 40.9 Å². The van der Waals surface area contributed by atoms with Crippen molar-refractivity contribution in [2.45, 2.75) is 26.2 Å². The number of rotatable bonds is 4. The third kappa shape index (κ3) is 3.14. The highest BCUT2D eigenvalue weighted by Gasteiger charge is 2.16. The highest BCUT2D eigenvalue weighted by atomic mass is 14.8. The first-order valence-electron chi connectivity index (χ1n) is 6.29. The van der Waals surface area contributed by atoms with Gasteiger partial charge in [-0.05, 0) is 17.5 Å². The molecule has 0 bridgehead atoms. The summed E-state index contributed by atoms with van der Waals surface area (Å²) < 4.78 is 0. The molecule has 96 valence electrons. The third-order valence-corrected chi connectivity index (χ3v) is 3.20. The molecule has 1 atom stereocenters. The molecule has 0 aliphatic carbocycles. The molecule has 2 rings (SSSR count). The first kappa shape index (κ1) is 13.2. The zero-order valence-corrected chi connectivity index (χ0v) is 11.1. The second-order valence-electron chi connectivity index (χ2n) is 4.85. The Morgan fingerprint density at radius 1 is 1.05 bits per heavy atom. The first-order valence-corrected chi connectivity index (χ1v) is 6.29. The Kier molecular flexibility index (Phi) is 4.19. The van der Waals surface area contributed by atoms with Crippen molar-refractivity contribution < 1.29 is 0 Å². The Balaban J connectivity index is 2.36. The van der Waals surface area contributed by atoms with E-state index in [4.69, 9.17) is 5.26 Å². The van der Waals surface area contributed by atoms with E-state index in [0.717, 1.165) is 16.7 Å². The number of hydrogen-bond donors (Lipinski definition) is 0. The third-order valence-electron chi connectivity index (χ3n) is 3.20. The van der Waals surface area contributed by atoms with Crippen LogP contribution in [0.4, 0.5) is 0 Å². The average Bonchev–Trinajstić information content (AvgIpc) is 2.45. The van der Waals surface area contributed by atoms with Crippen LogP contribution in [0.1, 0.15) is 31.7 Å². The van der Waals surface area contributed by atoms with Crippen molar-refractivity contribution in [3.63, 3.8) is 0 Å². The van der Waals surface area contributed by atoms with Crippen LogP contribution in [0.2, 0.25) is 0 Å². The predicted molar refractivity (Wildman–Crippen MR) is 73.1 cm³/mol. The van der Waals surface area contributed by atoms with Crippen LogP contribution in [0, 0.1) is 17.2 Å². The summed E-state index contributed by atoms with van der Waals surface area (Å²) in [6.45, 7) is 4.25. The number of pyridine rings is 1. The van der Waals surface area contributed by atoms with Gasteiger partial charge in [-0.1, -0.05) is 13.8 Å². The first-order chi connectivity index (χ1) is 9.22. The number of nitrogens with zero attached hydrogens (tertiary/aromatic N) is 4. The minimum Gasteiger partial charge on any atom is -0.264 e. The maximum absolute atomic E-state index is 8.94. The molecule has 0 saturated heterocycles. The largest absolute Gasteiger partial charge is 0.264 e. The van der Waals surface area contributed by atoms with Gasteiger partial charge in [0.1, 0.15) is 6.33 Å². The summed E-state index contributed by atoms with van der Waals surface area (Å²) in [5.74, 6) is 0.616. The molecule has 4 heteroatoms. The van der Waals surface area contributed by atoms with Crippen LogP contribution in [0.15, 0.2) is 37.2 Å². The lowest BCUT2D eigenvalue weighted by Gasteiger charge is -2.18. The van der Waals surface area contributed by atoms with Crippen LogP contribution >= 0.6 is 0 Å². The standard InChI is InChI=1S/C15H16N4/c1-11(2)15(3-4-16)13-5-12(6-17-7-13)14-8-18-10-19-9-14/h5-11,15H,3H2,1-2H3. The van der Waals surface area contributed by atoms with Crippen molar-refractivity contribution in [3.05, 3.63) is 42.7 Å². The Hall–Kier alpha value is -2.28. The summed E-state index contributed by atoms with van der Waals surface area (Å²) in [6, 6.07) is 4.33. The summed E-state index contributed by atoms with van der Waals surface area (Å²) in [6.07, 6.45) is 9.19. The zero-order valence-electron chi connectivity index (χ0n) is 11.1. The van der Waals surface area contributed by atoms with E-state index < -0.39 is 0 Å².